The molecular weight excluding hydrogens is 617 g/mol. The number of nitrogens with zero attached hydrogens (tertiary/aromatic N) is 5. The van der Waals surface area contributed by atoms with Gasteiger partial charge in [-0.25, -0.2) is 0 Å². The van der Waals surface area contributed by atoms with E-state index in [1.165, 1.54) is 38.5 Å². The molecule has 0 aromatic heterocycles. The zero-order valence-electron chi connectivity index (χ0n) is 25.3. The van der Waals surface area contributed by atoms with Crippen LogP contribution in [0, 0.1) is 16.0 Å². The molecule has 2 unspecified atom stereocenters. The number of benzene rings is 1. The molecule has 0 saturated carbocycles. The van der Waals surface area contributed by atoms with E-state index >= 15 is 0 Å². The molecule has 1 fully saturated rings. The molecule has 250 valence electrons. The van der Waals surface area contributed by atoms with Gasteiger partial charge < -0.3 is 24.8 Å². The highest BCUT2D eigenvalue weighted by Crippen LogP contribution is 2.37. The van der Waals surface area contributed by atoms with Crippen LogP contribution >= 0.6 is 8.46 Å². The maximum absolute atomic E-state index is 12.9. The number of non-ortho nitro benzene ring substituents is 1. The third-order valence-electron chi connectivity index (χ3n) is 7.55. The van der Waals surface area contributed by atoms with Crippen LogP contribution in [0.4, 0.5) is 5.69 Å². The zero-order valence-corrected chi connectivity index (χ0v) is 26.2. The Bertz CT molecular complexity index is 1160. The van der Waals surface area contributed by atoms with E-state index in [4.69, 9.17) is 9.47 Å². The smallest absolute Gasteiger partial charge is 0.317 e. The van der Waals surface area contributed by atoms with Crippen molar-refractivity contribution in [3.8, 4) is 0 Å². The summed E-state index contributed by atoms with van der Waals surface area (Å²) in [6.07, 6.45) is -0.0721. The average Bonchev–Trinajstić information content (AvgIpc) is 2.98. The molecule has 1 aromatic carbocycles. The molecule has 3 N–H and O–H groups in total. The van der Waals surface area contributed by atoms with Crippen molar-refractivity contribution in [2.24, 2.45) is 5.92 Å². The van der Waals surface area contributed by atoms with Gasteiger partial charge in [0.05, 0.1) is 37.6 Å². The van der Waals surface area contributed by atoms with Crippen LogP contribution in [0.5, 0.6) is 0 Å². The summed E-state index contributed by atoms with van der Waals surface area (Å²) in [5, 5.41) is 39.4. The SMILES string of the molecule is COC(=O)C(Cc1ccc([N+](=O)[O-])cc1)CC(OC)(P=O)N1CCN(CC(=O)O)CCN(CC(=O)O)CCN(CC(=O)O)CC1. The van der Waals surface area contributed by atoms with Crippen molar-refractivity contribution in [2.75, 3.05) is 86.2 Å². The zero-order chi connectivity index (χ0) is 33.6. The lowest BCUT2D eigenvalue weighted by molar-refractivity contribution is -0.384. The summed E-state index contributed by atoms with van der Waals surface area (Å²) in [6, 6.07) is 5.63. The molecule has 0 aliphatic carbocycles. The highest BCUT2D eigenvalue weighted by Gasteiger charge is 2.43. The summed E-state index contributed by atoms with van der Waals surface area (Å²) >= 11 is 0. The topological polar surface area (TPSA) is 221 Å². The molecule has 0 radical (unpaired) electrons. The fraction of sp³-hybridized carbons (Fsp3) is 0.630. The molecule has 1 saturated heterocycles. The number of hydrogen-bond donors (Lipinski definition) is 3. The number of carboxylic acids is 3. The van der Waals surface area contributed by atoms with Gasteiger partial charge in [0.1, 0.15) is 0 Å². The van der Waals surface area contributed by atoms with Gasteiger partial charge in [-0.2, -0.15) is 0 Å². The summed E-state index contributed by atoms with van der Waals surface area (Å²) in [4.78, 5) is 64.7. The van der Waals surface area contributed by atoms with E-state index in [9.17, 15) is 49.2 Å². The number of hydrogen-bond acceptors (Lipinski definition) is 13. The molecule has 1 aliphatic rings. The highest BCUT2D eigenvalue weighted by molar-refractivity contribution is 7.25. The van der Waals surface area contributed by atoms with E-state index in [0.29, 0.717) is 5.56 Å². The second-order valence-corrected chi connectivity index (χ2v) is 11.5. The Morgan fingerprint density at radius 1 is 0.844 bits per heavy atom. The Morgan fingerprint density at radius 2 is 1.27 bits per heavy atom. The van der Waals surface area contributed by atoms with Crippen LogP contribution in [-0.2, 0) is 39.6 Å². The Labute approximate surface area is 261 Å². The number of carbonyl (C=O) groups is 4. The van der Waals surface area contributed by atoms with Crippen molar-refractivity contribution in [1.82, 2.24) is 19.6 Å². The Kier molecular flexibility index (Phi) is 15.4. The Balaban J connectivity index is 2.44. The van der Waals surface area contributed by atoms with Crippen molar-refractivity contribution in [2.45, 2.75) is 18.3 Å². The van der Waals surface area contributed by atoms with Gasteiger partial charge in [0.25, 0.3) is 5.69 Å². The highest BCUT2D eigenvalue weighted by atomic mass is 31.1. The minimum atomic E-state index is -1.62. The summed E-state index contributed by atoms with van der Waals surface area (Å²) < 4.78 is 23.8. The molecule has 2 atom stereocenters. The number of carbonyl (C=O) groups excluding carboxylic acids is 1. The van der Waals surface area contributed by atoms with Gasteiger partial charge in [-0.1, -0.05) is 12.1 Å². The van der Waals surface area contributed by atoms with Crippen molar-refractivity contribution in [3.05, 3.63) is 39.9 Å². The van der Waals surface area contributed by atoms with Crippen molar-refractivity contribution in [1.29, 1.82) is 0 Å². The lowest BCUT2D eigenvalue weighted by Crippen LogP contribution is -2.55. The third kappa shape index (κ3) is 12.4. The Morgan fingerprint density at radius 3 is 1.60 bits per heavy atom. The molecule has 17 nitrogen and oxygen atoms in total. The predicted octanol–water partition coefficient (Wildman–Crippen LogP) is 0.384. The van der Waals surface area contributed by atoms with E-state index in [0.717, 1.165) is 0 Å². The molecule has 0 spiro atoms. The van der Waals surface area contributed by atoms with Crippen LogP contribution in [0.15, 0.2) is 24.3 Å². The van der Waals surface area contributed by atoms with Gasteiger partial charge >= 0.3 is 23.9 Å². The predicted molar refractivity (Wildman–Crippen MR) is 158 cm³/mol. The van der Waals surface area contributed by atoms with Gasteiger partial charge in [0.15, 0.2) is 0 Å². The normalized spacial score (nSPS) is 18.6. The number of methoxy groups -OCH3 is 2. The summed E-state index contributed by atoms with van der Waals surface area (Å²) in [5.74, 6) is -4.81. The number of aliphatic carboxylic acids is 3. The molecule has 1 heterocycles. The summed E-state index contributed by atoms with van der Waals surface area (Å²) in [7, 11) is 1.99. The fourth-order valence-electron chi connectivity index (χ4n) is 5.17. The molecule has 2 rings (SSSR count). The van der Waals surface area contributed by atoms with Crippen molar-refractivity contribution >= 4 is 38.0 Å². The monoisotopic (exact) mass is 657 g/mol. The van der Waals surface area contributed by atoms with E-state index in [-0.39, 0.29) is 90.5 Å². The minimum absolute atomic E-state index is 0.0782. The second-order valence-electron chi connectivity index (χ2n) is 10.6. The number of ether oxygens (including phenoxy) is 2. The maximum Gasteiger partial charge on any atom is 0.317 e. The first-order valence-corrected chi connectivity index (χ1v) is 14.9. The van der Waals surface area contributed by atoms with Gasteiger partial charge in [-0.05, 0) is 12.0 Å². The first-order valence-electron chi connectivity index (χ1n) is 14.1. The van der Waals surface area contributed by atoms with Crippen molar-refractivity contribution < 1.29 is 53.5 Å². The van der Waals surface area contributed by atoms with Gasteiger partial charge in [0, 0.05) is 78.0 Å². The van der Waals surface area contributed by atoms with E-state index < -0.39 is 48.6 Å². The molecule has 1 aliphatic heterocycles. The number of carboxylic acid groups (broad SMARTS) is 3. The second kappa shape index (κ2) is 18.4. The van der Waals surface area contributed by atoms with Crippen LogP contribution in [0.25, 0.3) is 0 Å². The molecule has 0 amide bonds. The number of nitro benzene ring substituents is 1. The van der Waals surface area contributed by atoms with Crippen LogP contribution in [0.1, 0.15) is 12.0 Å². The number of rotatable bonds is 15. The Hall–Kier alpha value is -3.60. The molecular formula is C27H40N5O12P. The summed E-state index contributed by atoms with van der Waals surface area (Å²) in [5.41, 5.74) is -1.16. The molecule has 0 bridgehead atoms. The lowest BCUT2D eigenvalue weighted by Gasteiger charge is -2.41. The van der Waals surface area contributed by atoms with Gasteiger partial charge in [-0.15, -0.1) is 0 Å². The van der Waals surface area contributed by atoms with E-state index in [2.05, 4.69) is 0 Å². The third-order valence-corrected chi connectivity index (χ3v) is 8.49. The standard InChI is InChI=1S/C27H40N5O12P/c1-43-26(39)21(15-20-3-5-22(6-4-20)32(40)41)16-27(44-2,45-42)31-13-11-29(18-24(35)36)9-7-28(17-23(33)34)8-10-30(12-14-31)19-25(37)38/h3-6,21H,7-19H2,1-2H3,(H,33,34)(H,35,36)(H,37,38). The first-order chi connectivity index (χ1) is 21.3. The van der Waals surface area contributed by atoms with Crippen LogP contribution in [0.2, 0.25) is 0 Å². The number of esters is 1. The average molecular weight is 658 g/mol. The lowest BCUT2D eigenvalue weighted by atomic mass is 9.94. The van der Waals surface area contributed by atoms with Crippen molar-refractivity contribution in [3.63, 3.8) is 0 Å². The van der Waals surface area contributed by atoms with Crippen LogP contribution < -0.4 is 0 Å². The van der Waals surface area contributed by atoms with E-state index in [1.807, 2.05) is 0 Å². The summed E-state index contributed by atoms with van der Waals surface area (Å²) in [6.45, 7) is 0.252. The first kappa shape index (κ1) is 37.6. The number of nitro groups is 1. The van der Waals surface area contributed by atoms with E-state index in [1.54, 1.807) is 19.6 Å². The van der Waals surface area contributed by atoms with Gasteiger partial charge in [-0.3, -0.25) is 53.5 Å². The van der Waals surface area contributed by atoms with Gasteiger partial charge in [0.2, 0.25) is 13.9 Å². The largest absolute Gasteiger partial charge is 0.480 e. The maximum atomic E-state index is 12.9. The minimum Gasteiger partial charge on any atom is -0.480 e. The quantitative estimate of drug-likeness (QED) is 0.100. The van der Waals surface area contributed by atoms with Crippen LogP contribution in [0.3, 0.4) is 0 Å². The molecule has 45 heavy (non-hydrogen) atoms. The fourth-order valence-corrected chi connectivity index (χ4v) is 5.86. The molecule has 18 heteroatoms. The molecule has 1 aromatic rings. The van der Waals surface area contributed by atoms with Crippen LogP contribution in [-0.4, -0.2) is 155 Å².